The van der Waals surface area contributed by atoms with Crippen LogP contribution in [0.5, 0.6) is 0 Å². The summed E-state index contributed by atoms with van der Waals surface area (Å²) in [6.07, 6.45) is 0.638. The number of ketones is 2. The molecule has 0 aliphatic rings. The van der Waals surface area contributed by atoms with Crippen molar-refractivity contribution in [3.05, 3.63) is 0 Å². The molecule has 88 valence electrons. The van der Waals surface area contributed by atoms with Crippen LogP contribution < -0.4 is 0 Å². The molecule has 0 saturated carbocycles. The van der Waals surface area contributed by atoms with E-state index in [1.807, 2.05) is 13.8 Å². The summed E-state index contributed by atoms with van der Waals surface area (Å²) in [6, 6.07) is 0. The highest BCUT2D eigenvalue weighted by atomic mass is 16.5. The fraction of sp³-hybridized carbons (Fsp3) is 0.833. The van der Waals surface area contributed by atoms with Crippen molar-refractivity contribution in [3.8, 4) is 0 Å². The number of rotatable bonds is 6. The molecule has 0 amide bonds. The van der Waals surface area contributed by atoms with Crippen LogP contribution in [0.25, 0.3) is 0 Å². The van der Waals surface area contributed by atoms with E-state index in [0.717, 1.165) is 0 Å². The first-order valence-electron chi connectivity index (χ1n) is 5.25. The van der Waals surface area contributed by atoms with Gasteiger partial charge in [-0.15, -0.1) is 0 Å². The Hall–Kier alpha value is -0.700. The molecule has 3 nitrogen and oxygen atoms in total. The maximum absolute atomic E-state index is 11.2. The molecule has 0 aliphatic carbocycles. The Labute approximate surface area is 92.2 Å². The molecule has 0 aromatic rings. The lowest BCUT2D eigenvalue weighted by molar-refractivity contribution is -0.139. The Morgan fingerprint density at radius 3 is 1.80 bits per heavy atom. The number of hydrogen-bond acceptors (Lipinski definition) is 3. The van der Waals surface area contributed by atoms with Crippen LogP contribution in [0.4, 0.5) is 0 Å². The Balaban J connectivity index is 4.11. The van der Waals surface area contributed by atoms with Crippen LogP contribution in [0.2, 0.25) is 0 Å². The average Bonchev–Trinajstić information content (AvgIpc) is 2.02. The molecular formula is C12H22O3. The van der Waals surface area contributed by atoms with E-state index in [4.69, 9.17) is 4.74 Å². The molecule has 0 radical (unpaired) electrons. The molecule has 0 atom stereocenters. The minimum Gasteiger partial charge on any atom is -0.368 e. The first-order valence-corrected chi connectivity index (χ1v) is 5.25. The van der Waals surface area contributed by atoms with Gasteiger partial charge in [0, 0.05) is 12.0 Å². The third-order valence-corrected chi connectivity index (χ3v) is 2.99. The van der Waals surface area contributed by atoms with Crippen molar-refractivity contribution in [1.82, 2.24) is 0 Å². The van der Waals surface area contributed by atoms with Crippen LogP contribution in [-0.4, -0.2) is 23.8 Å². The maximum atomic E-state index is 11.2. The summed E-state index contributed by atoms with van der Waals surface area (Å²) in [5.74, 6) is 0.148. The van der Waals surface area contributed by atoms with Gasteiger partial charge in [-0.1, -0.05) is 13.8 Å². The molecule has 0 N–H and O–H groups in total. The summed E-state index contributed by atoms with van der Waals surface area (Å²) in [5, 5.41) is 0. The summed E-state index contributed by atoms with van der Waals surface area (Å²) in [6.45, 7) is 10.8. The Bertz CT molecular complexity index is 226. The summed E-state index contributed by atoms with van der Waals surface area (Å²) in [4.78, 5) is 22.4. The molecule has 0 fully saturated rings. The van der Waals surface area contributed by atoms with E-state index >= 15 is 0 Å². The predicted molar refractivity (Wildman–Crippen MR) is 59.8 cm³/mol. The van der Waals surface area contributed by atoms with E-state index in [1.54, 1.807) is 20.8 Å². The number of hydrogen-bond donors (Lipinski definition) is 0. The minimum absolute atomic E-state index is 0.00290. The van der Waals surface area contributed by atoms with Gasteiger partial charge in [0.15, 0.2) is 5.78 Å². The second kappa shape index (κ2) is 4.88. The standard InChI is InChI=1S/C12H22O3/c1-9(13)11(3,4)7-8-15-12(5,6)10(2)14/h7-8H2,1-6H3. The van der Waals surface area contributed by atoms with Crippen molar-refractivity contribution >= 4 is 11.6 Å². The van der Waals surface area contributed by atoms with E-state index in [2.05, 4.69) is 0 Å². The smallest absolute Gasteiger partial charge is 0.160 e. The first-order chi connectivity index (χ1) is 6.59. The monoisotopic (exact) mass is 214 g/mol. The molecule has 0 rings (SSSR count). The SMILES string of the molecule is CC(=O)C(C)(C)CCOC(C)(C)C(C)=O. The van der Waals surface area contributed by atoms with Gasteiger partial charge in [-0.3, -0.25) is 9.59 Å². The highest BCUT2D eigenvalue weighted by molar-refractivity contribution is 5.84. The second-order valence-corrected chi connectivity index (χ2v) is 5.11. The highest BCUT2D eigenvalue weighted by Crippen LogP contribution is 2.22. The Morgan fingerprint density at radius 1 is 1.00 bits per heavy atom. The van der Waals surface area contributed by atoms with E-state index < -0.39 is 5.60 Å². The molecule has 0 spiro atoms. The topological polar surface area (TPSA) is 43.4 Å². The molecule has 15 heavy (non-hydrogen) atoms. The third-order valence-electron chi connectivity index (χ3n) is 2.99. The van der Waals surface area contributed by atoms with Crippen molar-refractivity contribution in [2.75, 3.05) is 6.61 Å². The lowest BCUT2D eigenvalue weighted by Crippen LogP contribution is -2.35. The van der Waals surface area contributed by atoms with Crippen molar-refractivity contribution in [3.63, 3.8) is 0 Å². The molecule has 0 bridgehead atoms. The van der Waals surface area contributed by atoms with Crippen LogP contribution in [0, 0.1) is 5.41 Å². The van der Waals surface area contributed by atoms with Crippen molar-refractivity contribution in [2.24, 2.45) is 5.41 Å². The summed E-state index contributed by atoms with van der Waals surface area (Å²) >= 11 is 0. The minimum atomic E-state index is -0.743. The van der Waals surface area contributed by atoms with Crippen LogP contribution in [-0.2, 0) is 14.3 Å². The van der Waals surface area contributed by atoms with E-state index in [9.17, 15) is 9.59 Å². The van der Waals surface area contributed by atoms with Crippen LogP contribution >= 0.6 is 0 Å². The summed E-state index contributed by atoms with van der Waals surface area (Å²) < 4.78 is 5.48. The highest BCUT2D eigenvalue weighted by Gasteiger charge is 2.27. The fourth-order valence-corrected chi connectivity index (χ4v) is 0.839. The van der Waals surface area contributed by atoms with E-state index in [1.165, 1.54) is 6.92 Å². The van der Waals surface area contributed by atoms with Gasteiger partial charge in [0.25, 0.3) is 0 Å². The van der Waals surface area contributed by atoms with Gasteiger partial charge in [0.1, 0.15) is 11.4 Å². The van der Waals surface area contributed by atoms with Gasteiger partial charge in [0.05, 0.1) is 0 Å². The fourth-order valence-electron chi connectivity index (χ4n) is 0.839. The maximum Gasteiger partial charge on any atom is 0.160 e. The van der Waals surface area contributed by atoms with Gasteiger partial charge < -0.3 is 4.74 Å². The average molecular weight is 214 g/mol. The number of ether oxygens (including phenoxy) is 1. The normalized spacial score (nSPS) is 12.7. The van der Waals surface area contributed by atoms with Gasteiger partial charge >= 0.3 is 0 Å². The molecule has 0 aromatic heterocycles. The largest absolute Gasteiger partial charge is 0.368 e. The first kappa shape index (κ1) is 14.3. The summed E-state index contributed by atoms with van der Waals surface area (Å²) in [5.41, 5.74) is -1.11. The molecule has 0 aromatic carbocycles. The van der Waals surface area contributed by atoms with Crippen LogP contribution in [0.15, 0.2) is 0 Å². The molecule has 0 aliphatic heterocycles. The zero-order chi connectivity index (χ0) is 12.3. The number of carbonyl (C=O) groups excluding carboxylic acids is 2. The molecule has 0 unspecified atom stereocenters. The number of carbonyl (C=O) groups is 2. The van der Waals surface area contributed by atoms with E-state index in [0.29, 0.717) is 13.0 Å². The molecule has 0 heterocycles. The van der Waals surface area contributed by atoms with Crippen molar-refractivity contribution < 1.29 is 14.3 Å². The van der Waals surface area contributed by atoms with E-state index in [-0.39, 0.29) is 17.0 Å². The zero-order valence-electron chi connectivity index (χ0n) is 10.6. The summed E-state index contributed by atoms with van der Waals surface area (Å²) in [7, 11) is 0. The molecule has 0 saturated heterocycles. The second-order valence-electron chi connectivity index (χ2n) is 5.11. The predicted octanol–water partition coefficient (Wildman–Crippen LogP) is 2.38. The van der Waals surface area contributed by atoms with Gasteiger partial charge in [-0.2, -0.15) is 0 Å². The van der Waals surface area contributed by atoms with Gasteiger partial charge in [0.2, 0.25) is 0 Å². The van der Waals surface area contributed by atoms with Crippen LogP contribution in [0.1, 0.15) is 48.0 Å². The quantitative estimate of drug-likeness (QED) is 0.681. The van der Waals surface area contributed by atoms with Crippen LogP contribution in [0.3, 0.4) is 0 Å². The molecule has 3 heteroatoms. The Morgan fingerprint density at radius 2 is 1.47 bits per heavy atom. The number of Topliss-reactive ketones (excluding diaryl/α,β-unsaturated/α-hetero) is 2. The molecular weight excluding hydrogens is 192 g/mol. The lowest BCUT2D eigenvalue weighted by atomic mass is 9.86. The van der Waals surface area contributed by atoms with Gasteiger partial charge in [-0.05, 0) is 34.1 Å². The van der Waals surface area contributed by atoms with Crippen molar-refractivity contribution in [2.45, 2.75) is 53.6 Å². The third kappa shape index (κ3) is 4.56. The lowest BCUT2D eigenvalue weighted by Gasteiger charge is -2.26. The van der Waals surface area contributed by atoms with Gasteiger partial charge in [-0.25, -0.2) is 0 Å². The van der Waals surface area contributed by atoms with Crippen molar-refractivity contribution in [1.29, 1.82) is 0 Å². The Kier molecular flexibility index (Phi) is 4.65. The zero-order valence-corrected chi connectivity index (χ0v) is 10.6.